The molecule has 0 saturated carbocycles. The Morgan fingerprint density at radius 1 is 0.705 bits per heavy atom. The van der Waals surface area contributed by atoms with Crippen LogP contribution in [0, 0.1) is 0 Å². The Bertz CT molecular complexity index is 2050. The molecule has 3 aromatic carbocycles. The summed E-state index contributed by atoms with van der Waals surface area (Å²) in [6, 6.07) is 18.3. The molecule has 0 bridgehead atoms. The lowest BCUT2D eigenvalue weighted by atomic mass is 9.86. The minimum atomic E-state index is -0.847. The number of alkyl carbamates (subject to hydrolysis) is 2. The highest BCUT2D eigenvalue weighted by atomic mass is 35.5. The number of esters is 2. The Kier molecular flexibility index (Phi) is 18.4. The quantitative estimate of drug-likeness (QED) is 0.0650. The first-order chi connectivity index (χ1) is 28.1. The van der Waals surface area contributed by atoms with Crippen molar-refractivity contribution >= 4 is 59.4 Å². The molecule has 0 aliphatic rings. The van der Waals surface area contributed by atoms with Crippen molar-refractivity contribution in [2.45, 2.75) is 118 Å². The van der Waals surface area contributed by atoms with E-state index in [9.17, 15) is 24.0 Å². The molecule has 3 amide bonds. The Morgan fingerprint density at radius 2 is 1.25 bits per heavy atom. The molecule has 0 saturated heterocycles. The number of hydrogen-bond donors (Lipinski definition) is 2. The summed E-state index contributed by atoms with van der Waals surface area (Å²) >= 11 is 6.62. The first kappa shape index (κ1) is 51.1. The standard InChI is InChI=1S/C44H57ClN4O9.CO2/c1-41(2,3)31-17-13-15-30(25-31)36(51)49(27-35(50)56-42(4,5)6)24-14-16-28-20-23-33(26-34(28)45)55-37(52)29-18-21-32(22-19-29)46-38(47-39(53)57-43(7,8)9)48-40(54)58-44(10,11)12;2-1-3/h13,15,17-23,25-26H,14,16,24,27H2,1-12H3,(H2,46,47,48,53,54);. The van der Waals surface area contributed by atoms with Crippen LogP contribution < -0.4 is 15.4 Å². The van der Waals surface area contributed by atoms with E-state index in [1.807, 2.05) is 18.2 Å². The van der Waals surface area contributed by atoms with Gasteiger partial charge in [-0.2, -0.15) is 9.59 Å². The van der Waals surface area contributed by atoms with E-state index in [4.69, 9.17) is 40.1 Å². The van der Waals surface area contributed by atoms with Crippen molar-refractivity contribution in [1.29, 1.82) is 0 Å². The molecule has 0 aliphatic heterocycles. The van der Waals surface area contributed by atoms with Crippen molar-refractivity contribution in [3.8, 4) is 5.75 Å². The Balaban J connectivity index is 0.00000414. The van der Waals surface area contributed by atoms with E-state index in [0.717, 1.165) is 11.1 Å². The Morgan fingerprint density at radius 3 is 1.74 bits per heavy atom. The minimum Gasteiger partial charge on any atom is -0.459 e. The number of hydrogen-bond acceptors (Lipinski definition) is 12. The van der Waals surface area contributed by atoms with Crippen molar-refractivity contribution in [2.24, 2.45) is 4.99 Å². The second-order valence-electron chi connectivity index (χ2n) is 17.7. The summed E-state index contributed by atoms with van der Waals surface area (Å²) in [5, 5.41) is 5.17. The van der Waals surface area contributed by atoms with Gasteiger partial charge in [0.1, 0.15) is 29.1 Å². The van der Waals surface area contributed by atoms with Crippen LogP contribution in [0.25, 0.3) is 0 Å². The SMILES string of the molecule is CC(C)(C)OC(=O)CN(CCCc1ccc(OC(=O)c2ccc(N=C(NC(=O)OC(C)(C)C)NC(=O)OC(C)(C)C)cc2)cc1Cl)C(=O)c1cccc(C(C)(C)C)c1.O=C=O. The molecule has 0 spiro atoms. The summed E-state index contributed by atoms with van der Waals surface area (Å²) in [5.41, 5.74) is 0.255. The monoisotopic (exact) mass is 864 g/mol. The number of halogens is 1. The summed E-state index contributed by atoms with van der Waals surface area (Å²) in [6.45, 7) is 21.7. The predicted octanol–water partition coefficient (Wildman–Crippen LogP) is 8.73. The van der Waals surface area contributed by atoms with Crippen molar-refractivity contribution in [2.75, 3.05) is 13.1 Å². The molecule has 3 rings (SSSR count). The predicted molar refractivity (Wildman–Crippen MR) is 229 cm³/mol. The molecule has 330 valence electrons. The van der Waals surface area contributed by atoms with Gasteiger partial charge in [0.2, 0.25) is 5.96 Å². The molecule has 0 heterocycles. The molecular weight excluding hydrogens is 808 g/mol. The molecule has 0 atom stereocenters. The van der Waals surface area contributed by atoms with Gasteiger partial charge in [0.05, 0.1) is 11.3 Å². The van der Waals surface area contributed by atoms with E-state index in [-0.39, 0.29) is 53.5 Å². The number of rotatable bonds is 10. The zero-order valence-corrected chi connectivity index (χ0v) is 37.7. The molecule has 0 aromatic heterocycles. The normalized spacial score (nSPS) is 11.4. The van der Waals surface area contributed by atoms with Gasteiger partial charge in [0.25, 0.3) is 5.91 Å². The number of benzene rings is 3. The summed E-state index contributed by atoms with van der Waals surface area (Å²) in [7, 11) is 0. The zero-order valence-electron chi connectivity index (χ0n) is 36.9. The summed E-state index contributed by atoms with van der Waals surface area (Å²) in [4.78, 5) is 86.5. The summed E-state index contributed by atoms with van der Waals surface area (Å²) in [5.74, 6) is -1.48. The van der Waals surface area contributed by atoms with Crippen LogP contribution in [0.15, 0.2) is 71.7 Å². The van der Waals surface area contributed by atoms with Gasteiger partial charge in [-0.05, 0) is 140 Å². The number of nitrogens with one attached hydrogen (secondary N) is 2. The molecule has 2 N–H and O–H groups in total. The maximum absolute atomic E-state index is 13.7. The highest BCUT2D eigenvalue weighted by Crippen LogP contribution is 2.26. The van der Waals surface area contributed by atoms with E-state index in [1.54, 1.807) is 80.5 Å². The number of ether oxygens (including phenoxy) is 4. The average molecular weight is 865 g/mol. The third-order valence-electron chi connectivity index (χ3n) is 7.69. The summed E-state index contributed by atoms with van der Waals surface area (Å²) in [6.07, 6.45) is -0.480. The van der Waals surface area contributed by atoms with Crippen LogP contribution in [0.2, 0.25) is 5.02 Å². The minimum absolute atomic E-state index is 0.166. The van der Waals surface area contributed by atoms with Gasteiger partial charge in [-0.1, -0.05) is 50.6 Å². The van der Waals surface area contributed by atoms with Gasteiger partial charge < -0.3 is 23.8 Å². The van der Waals surface area contributed by atoms with Crippen molar-refractivity contribution < 1.29 is 52.5 Å². The van der Waals surface area contributed by atoms with E-state index < -0.39 is 40.9 Å². The average Bonchev–Trinajstić information content (AvgIpc) is 3.09. The molecule has 0 fully saturated rings. The molecule has 0 radical (unpaired) electrons. The van der Waals surface area contributed by atoms with Gasteiger partial charge in [0.15, 0.2) is 0 Å². The van der Waals surface area contributed by atoms with Crippen LogP contribution in [0.1, 0.15) is 121 Å². The number of aryl methyl sites for hydroxylation is 1. The largest absolute Gasteiger partial charge is 0.459 e. The first-order valence-electron chi connectivity index (χ1n) is 19.4. The van der Waals surface area contributed by atoms with E-state index in [1.165, 1.54) is 35.2 Å². The molecule has 0 aliphatic carbocycles. The smallest absolute Gasteiger partial charge is 0.414 e. The van der Waals surface area contributed by atoms with Crippen molar-refractivity contribution in [3.63, 3.8) is 0 Å². The molecule has 3 aromatic rings. The molecule has 15 nitrogen and oxygen atoms in total. The molecule has 16 heteroatoms. The lowest BCUT2D eigenvalue weighted by Crippen LogP contribution is -2.47. The number of nitrogens with zero attached hydrogens (tertiary/aromatic N) is 2. The first-order valence-corrected chi connectivity index (χ1v) is 19.8. The maximum Gasteiger partial charge on any atom is 0.414 e. The van der Waals surface area contributed by atoms with Gasteiger partial charge in [-0.25, -0.2) is 19.4 Å². The van der Waals surface area contributed by atoms with Gasteiger partial charge >= 0.3 is 30.3 Å². The van der Waals surface area contributed by atoms with Crippen LogP contribution >= 0.6 is 11.6 Å². The van der Waals surface area contributed by atoms with E-state index >= 15 is 0 Å². The lowest BCUT2D eigenvalue weighted by molar-refractivity contribution is -0.191. The molecular formula is C45H57ClN4O11. The third-order valence-corrected chi connectivity index (χ3v) is 8.05. The van der Waals surface area contributed by atoms with Crippen LogP contribution in [0.3, 0.4) is 0 Å². The second-order valence-corrected chi connectivity index (χ2v) is 18.1. The number of carbonyl (C=O) groups excluding carboxylic acids is 7. The third kappa shape index (κ3) is 19.7. The second kappa shape index (κ2) is 22.0. The van der Waals surface area contributed by atoms with Crippen molar-refractivity contribution in [1.82, 2.24) is 15.5 Å². The van der Waals surface area contributed by atoms with Crippen LogP contribution in [-0.4, -0.2) is 76.9 Å². The summed E-state index contributed by atoms with van der Waals surface area (Å²) < 4.78 is 21.7. The molecule has 0 unspecified atom stereocenters. The fourth-order valence-corrected chi connectivity index (χ4v) is 5.46. The highest BCUT2D eigenvalue weighted by molar-refractivity contribution is 6.31. The van der Waals surface area contributed by atoms with Gasteiger partial charge in [-0.3, -0.25) is 20.2 Å². The Labute approximate surface area is 362 Å². The fraction of sp³-hybridized carbons (Fsp3) is 0.444. The number of aliphatic imine (C=N–C) groups is 1. The van der Waals surface area contributed by atoms with E-state index in [2.05, 4.69) is 36.4 Å². The van der Waals surface area contributed by atoms with Gasteiger partial charge in [0, 0.05) is 17.1 Å². The van der Waals surface area contributed by atoms with E-state index in [0.29, 0.717) is 23.4 Å². The van der Waals surface area contributed by atoms with Crippen molar-refractivity contribution in [3.05, 3.63) is 94.0 Å². The highest BCUT2D eigenvalue weighted by Gasteiger charge is 2.25. The number of guanidine groups is 1. The zero-order chi connectivity index (χ0) is 46.3. The maximum atomic E-state index is 13.7. The number of carbonyl (C=O) groups is 5. The topological polar surface area (TPSA) is 196 Å². The molecule has 61 heavy (non-hydrogen) atoms. The fourth-order valence-electron chi connectivity index (χ4n) is 5.19. The van der Waals surface area contributed by atoms with Gasteiger partial charge in [-0.15, -0.1) is 0 Å². The van der Waals surface area contributed by atoms with Crippen LogP contribution in [-0.2, 0) is 40.4 Å². The Hall–Kier alpha value is -6.05. The lowest BCUT2D eigenvalue weighted by Gasteiger charge is -2.26. The number of amides is 3. The van der Waals surface area contributed by atoms with Crippen LogP contribution in [0.5, 0.6) is 5.75 Å². The van der Waals surface area contributed by atoms with Crippen LogP contribution in [0.4, 0.5) is 15.3 Å².